The van der Waals surface area contributed by atoms with Gasteiger partial charge in [-0.15, -0.1) is 0 Å². The van der Waals surface area contributed by atoms with E-state index in [-0.39, 0.29) is 12.1 Å². The van der Waals surface area contributed by atoms with Gasteiger partial charge in [-0.1, -0.05) is 30.1 Å². The second-order valence-electron chi connectivity index (χ2n) is 5.90. The number of nitrogens with zero attached hydrogens (tertiary/aromatic N) is 3. The zero-order valence-corrected chi connectivity index (χ0v) is 14.4. The van der Waals surface area contributed by atoms with E-state index >= 15 is 0 Å². The van der Waals surface area contributed by atoms with Crippen LogP contribution in [0.5, 0.6) is 0 Å². The average Bonchev–Trinajstić information content (AvgIpc) is 3.24. The maximum absolute atomic E-state index is 12.3. The number of carbonyl (C=O) groups excluding carboxylic acids is 1. The maximum Gasteiger partial charge on any atom is 0.318 e. The van der Waals surface area contributed by atoms with Gasteiger partial charge >= 0.3 is 6.03 Å². The van der Waals surface area contributed by atoms with E-state index in [2.05, 4.69) is 22.4 Å². The quantitative estimate of drug-likeness (QED) is 0.828. The molecule has 1 fully saturated rings. The van der Waals surface area contributed by atoms with Crippen molar-refractivity contribution in [2.24, 2.45) is 0 Å². The summed E-state index contributed by atoms with van der Waals surface area (Å²) in [6.07, 6.45) is 3.80. The molecule has 0 saturated carbocycles. The molecule has 2 aromatic rings. The first-order valence-electron chi connectivity index (χ1n) is 8.33. The number of unbranched alkanes of at least 4 members (excludes halogenated alkanes) is 1. The van der Waals surface area contributed by atoms with Crippen LogP contribution in [0, 0.1) is 0 Å². The number of benzene rings is 1. The summed E-state index contributed by atoms with van der Waals surface area (Å²) in [6, 6.07) is 7.06. The maximum atomic E-state index is 12.3. The highest BCUT2D eigenvalue weighted by molar-refractivity contribution is 6.30. The highest BCUT2D eigenvalue weighted by atomic mass is 35.5. The van der Waals surface area contributed by atoms with E-state index in [1.165, 1.54) is 0 Å². The zero-order chi connectivity index (χ0) is 16.9. The number of nitrogens with one attached hydrogen (secondary N) is 1. The molecule has 1 unspecified atom stereocenters. The second-order valence-corrected chi connectivity index (χ2v) is 6.34. The normalized spacial score (nSPS) is 17.2. The Bertz CT molecular complexity index is 686. The zero-order valence-electron chi connectivity index (χ0n) is 13.7. The van der Waals surface area contributed by atoms with E-state index in [4.69, 9.17) is 16.1 Å². The summed E-state index contributed by atoms with van der Waals surface area (Å²) < 4.78 is 5.42. The van der Waals surface area contributed by atoms with Crippen molar-refractivity contribution in [1.29, 1.82) is 0 Å². The van der Waals surface area contributed by atoms with Gasteiger partial charge in [0, 0.05) is 23.7 Å². The lowest BCUT2D eigenvalue weighted by Crippen LogP contribution is -2.39. The smallest absolute Gasteiger partial charge is 0.318 e. The van der Waals surface area contributed by atoms with Crippen molar-refractivity contribution >= 4 is 17.6 Å². The summed E-state index contributed by atoms with van der Waals surface area (Å²) in [4.78, 5) is 18.6. The number of hydrogen-bond donors (Lipinski definition) is 1. The number of likely N-dealkylation sites (tertiary alicyclic amines) is 1. The molecule has 1 saturated heterocycles. The summed E-state index contributed by atoms with van der Waals surface area (Å²) in [5.74, 6) is 1.00. The highest BCUT2D eigenvalue weighted by Crippen LogP contribution is 2.32. The van der Waals surface area contributed by atoms with Crippen LogP contribution in [0.15, 0.2) is 28.8 Å². The summed E-state index contributed by atoms with van der Waals surface area (Å²) in [5, 5.41) is 7.66. The van der Waals surface area contributed by atoms with E-state index in [1.54, 1.807) is 17.0 Å². The number of urea groups is 1. The van der Waals surface area contributed by atoms with E-state index in [9.17, 15) is 4.79 Å². The Kier molecular flexibility index (Phi) is 5.35. The monoisotopic (exact) mass is 348 g/mol. The van der Waals surface area contributed by atoms with Gasteiger partial charge in [0.25, 0.3) is 0 Å². The molecule has 3 rings (SSSR count). The lowest BCUT2D eigenvalue weighted by Gasteiger charge is -2.22. The summed E-state index contributed by atoms with van der Waals surface area (Å²) in [5.41, 5.74) is 0.839. The third kappa shape index (κ3) is 3.70. The van der Waals surface area contributed by atoms with Gasteiger partial charge < -0.3 is 14.7 Å². The topological polar surface area (TPSA) is 71.3 Å². The SMILES string of the molecule is CCCCNC(=O)N1CCCC1c1nc(-c2ccc(Cl)cc2)no1. The van der Waals surface area contributed by atoms with Crippen LogP contribution >= 0.6 is 11.6 Å². The Balaban J connectivity index is 1.71. The van der Waals surface area contributed by atoms with Crippen LogP contribution in [0.3, 0.4) is 0 Å². The minimum atomic E-state index is -0.153. The van der Waals surface area contributed by atoms with Crippen LogP contribution in [-0.4, -0.2) is 34.2 Å². The molecule has 1 aromatic heterocycles. The first-order valence-corrected chi connectivity index (χ1v) is 8.71. The van der Waals surface area contributed by atoms with Gasteiger partial charge in [0.15, 0.2) is 0 Å². The molecular weight excluding hydrogens is 328 g/mol. The van der Waals surface area contributed by atoms with Gasteiger partial charge in [-0.05, 0) is 43.5 Å². The number of halogens is 1. The third-order valence-electron chi connectivity index (χ3n) is 4.15. The molecule has 0 bridgehead atoms. The summed E-state index contributed by atoms with van der Waals surface area (Å²) >= 11 is 5.90. The van der Waals surface area contributed by atoms with Gasteiger partial charge in [0.05, 0.1) is 0 Å². The van der Waals surface area contributed by atoms with Crippen LogP contribution in [0.25, 0.3) is 11.4 Å². The van der Waals surface area contributed by atoms with Crippen LogP contribution in [0.4, 0.5) is 4.79 Å². The minimum Gasteiger partial charge on any atom is -0.338 e. The van der Waals surface area contributed by atoms with Crippen LogP contribution in [-0.2, 0) is 0 Å². The summed E-state index contributed by atoms with van der Waals surface area (Å²) in [7, 11) is 0. The number of carbonyl (C=O) groups is 1. The molecule has 128 valence electrons. The van der Waals surface area contributed by atoms with Gasteiger partial charge in [-0.25, -0.2) is 4.79 Å². The largest absolute Gasteiger partial charge is 0.338 e. The Morgan fingerprint density at radius 2 is 2.21 bits per heavy atom. The molecule has 0 radical (unpaired) electrons. The first kappa shape index (κ1) is 16.8. The molecule has 2 heterocycles. The Hall–Kier alpha value is -2.08. The molecule has 0 spiro atoms. The fourth-order valence-corrected chi connectivity index (χ4v) is 2.95. The lowest BCUT2D eigenvalue weighted by atomic mass is 10.2. The number of hydrogen-bond acceptors (Lipinski definition) is 4. The molecule has 1 aliphatic rings. The second kappa shape index (κ2) is 7.66. The molecule has 0 aliphatic carbocycles. The predicted octanol–water partition coefficient (Wildman–Crippen LogP) is 4.04. The number of amides is 2. The van der Waals surface area contributed by atoms with Crippen LogP contribution in [0.2, 0.25) is 5.02 Å². The predicted molar refractivity (Wildman–Crippen MR) is 91.7 cm³/mol. The Morgan fingerprint density at radius 3 is 2.96 bits per heavy atom. The molecule has 6 nitrogen and oxygen atoms in total. The van der Waals surface area contributed by atoms with E-state index in [1.807, 2.05) is 12.1 Å². The molecule has 1 atom stereocenters. The average molecular weight is 349 g/mol. The fourth-order valence-electron chi connectivity index (χ4n) is 2.83. The minimum absolute atomic E-state index is 0.0582. The Labute approximate surface area is 146 Å². The first-order chi connectivity index (χ1) is 11.7. The van der Waals surface area contributed by atoms with Crippen molar-refractivity contribution in [1.82, 2.24) is 20.4 Å². The molecular formula is C17H21ClN4O2. The van der Waals surface area contributed by atoms with Crippen molar-refractivity contribution < 1.29 is 9.32 Å². The molecule has 24 heavy (non-hydrogen) atoms. The van der Waals surface area contributed by atoms with Crippen molar-refractivity contribution in [3.63, 3.8) is 0 Å². The van der Waals surface area contributed by atoms with Crippen molar-refractivity contribution in [2.75, 3.05) is 13.1 Å². The van der Waals surface area contributed by atoms with E-state index in [0.29, 0.717) is 29.8 Å². The lowest BCUT2D eigenvalue weighted by molar-refractivity contribution is 0.180. The fraction of sp³-hybridized carbons (Fsp3) is 0.471. The Morgan fingerprint density at radius 1 is 1.42 bits per heavy atom. The van der Waals surface area contributed by atoms with Gasteiger partial charge in [0.1, 0.15) is 6.04 Å². The van der Waals surface area contributed by atoms with Gasteiger partial charge in [-0.3, -0.25) is 0 Å². The van der Waals surface area contributed by atoms with E-state index in [0.717, 1.165) is 31.2 Å². The number of rotatable bonds is 5. The van der Waals surface area contributed by atoms with Gasteiger partial charge in [-0.2, -0.15) is 4.98 Å². The number of aromatic nitrogens is 2. The third-order valence-corrected chi connectivity index (χ3v) is 4.40. The molecule has 2 amide bonds. The van der Waals surface area contributed by atoms with Crippen LogP contribution < -0.4 is 5.32 Å². The van der Waals surface area contributed by atoms with E-state index < -0.39 is 0 Å². The van der Waals surface area contributed by atoms with Crippen LogP contribution in [0.1, 0.15) is 44.5 Å². The molecule has 1 aromatic carbocycles. The molecule has 1 aliphatic heterocycles. The molecule has 7 heteroatoms. The van der Waals surface area contributed by atoms with Crippen molar-refractivity contribution in [3.8, 4) is 11.4 Å². The summed E-state index contributed by atoms with van der Waals surface area (Å²) in [6.45, 7) is 3.50. The molecule has 1 N–H and O–H groups in total. The van der Waals surface area contributed by atoms with Crippen molar-refractivity contribution in [2.45, 2.75) is 38.6 Å². The standard InChI is InChI=1S/C17H21ClN4O2/c1-2-3-10-19-17(23)22-11-4-5-14(22)16-20-15(21-24-16)12-6-8-13(18)9-7-12/h6-9,14H,2-5,10-11H2,1H3,(H,19,23). The van der Waals surface area contributed by atoms with Crippen molar-refractivity contribution in [3.05, 3.63) is 35.2 Å². The van der Waals surface area contributed by atoms with Gasteiger partial charge in [0.2, 0.25) is 11.7 Å². The highest BCUT2D eigenvalue weighted by Gasteiger charge is 2.34.